The molecule has 0 rings (SSSR count). The summed E-state index contributed by atoms with van der Waals surface area (Å²) in [5.41, 5.74) is 5.07. The maximum absolute atomic E-state index is 10.5. The summed E-state index contributed by atoms with van der Waals surface area (Å²) in [5.74, 6) is -0.440. The van der Waals surface area contributed by atoms with Crippen molar-refractivity contribution in [2.45, 2.75) is 3.79 Å². The van der Waals surface area contributed by atoms with Crippen LogP contribution in [-0.2, 0) is 10.0 Å². The van der Waals surface area contributed by atoms with Crippen molar-refractivity contribution in [3.8, 4) is 0 Å². The van der Waals surface area contributed by atoms with Crippen LogP contribution in [0.15, 0.2) is 0 Å². The van der Waals surface area contributed by atoms with Crippen molar-refractivity contribution in [2.24, 2.45) is 5.73 Å². The quantitative estimate of drug-likeness (QED) is 0.342. The van der Waals surface area contributed by atoms with Gasteiger partial charge in [0.05, 0.1) is 6.26 Å². The maximum atomic E-state index is 10.5. The molecule has 8 heteroatoms. The molecule has 0 saturated carbocycles. The van der Waals surface area contributed by atoms with Crippen molar-refractivity contribution in [1.82, 2.24) is 0 Å². The Kier molecular flexibility index (Phi) is 3.43. The lowest BCUT2D eigenvalue weighted by molar-refractivity contribution is -0.268. The van der Waals surface area contributed by atoms with Crippen molar-refractivity contribution in [3.05, 3.63) is 0 Å². The highest BCUT2D eigenvalue weighted by Gasteiger charge is 2.32. The Labute approximate surface area is 79.4 Å². The van der Waals surface area contributed by atoms with Crippen LogP contribution >= 0.6 is 34.8 Å². The molecule has 0 aliphatic heterocycles. The van der Waals surface area contributed by atoms with E-state index in [2.05, 4.69) is 0 Å². The molecule has 0 bridgehead atoms. The number of halogens is 3. The van der Waals surface area contributed by atoms with E-state index in [4.69, 9.17) is 40.5 Å². The van der Waals surface area contributed by atoms with Crippen LogP contribution in [0.25, 0.3) is 0 Å². The summed E-state index contributed by atoms with van der Waals surface area (Å²) in [7, 11) is -3.47. The summed E-state index contributed by atoms with van der Waals surface area (Å²) in [6, 6.07) is 0. The molecule has 0 saturated heterocycles. The Balaban J connectivity index is 4.78. The summed E-state index contributed by atoms with van der Waals surface area (Å²) < 4.78 is 20.9. The molecule has 0 spiro atoms. The van der Waals surface area contributed by atoms with Gasteiger partial charge in [-0.2, -0.15) is 12.8 Å². The van der Waals surface area contributed by atoms with Crippen molar-refractivity contribution in [1.29, 1.82) is 0 Å². The maximum Gasteiger partial charge on any atom is 0.308 e. The number of hydrogen-bond acceptors (Lipinski definition) is 2. The Morgan fingerprint density at radius 2 is 1.82 bits per heavy atom. The number of nitrogens with two attached hydrogens (primary N) is 1. The van der Waals surface area contributed by atoms with Crippen LogP contribution in [-0.4, -0.2) is 24.3 Å². The minimum absolute atomic E-state index is 0.440. The van der Waals surface area contributed by atoms with Gasteiger partial charge in [-0.25, -0.2) is 0 Å². The van der Waals surface area contributed by atoms with Gasteiger partial charge in [0.25, 0.3) is 13.8 Å². The van der Waals surface area contributed by atoms with Crippen molar-refractivity contribution < 1.29 is 12.8 Å². The molecule has 0 unspecified atom stereocenters. The van der Waals surface area contributed by atoms with Crippen molar-refractivity contribution in [3.63, 3.8) is 0 Å². The molecule has 0 amide bonds. The number of hydrogen-bond donors (Lipinski definition) is 2. The van der Waals surface area contributed by atoms with E-state index >= 15 is 0 Å². The number of nitrogens with one attached hydrogen (secondary N) is 1. The predicted molar refractivity (Wildman–Crippen MR) is 45.3 cm³/mol. The van der Waals surface area contributed by atoms with Gasteiger partial charge in [0.2, 0.25) is 0 Å². The van der Waals surface area contributed by atoms with Gasteiger partial charge in [0, 0.05) is 0 Å². The van der Waals surface area contributed by atoms with Gasteiger partial charge < -0.3 is 0 Å². The van der Waals surface area contributed by atoms with Gasteiger partial charge in [-0.1, -0.05) is 34.8 Å². The summed E-state index contributed by atoms with van der Waals surface area (Å²) in [4.78, 5) is 0. The summed E-state index contributed by atoms with van der Waals surface area (Å²) in [6.07, 6.45) is 0.899. The molecule has 0 atom stereocenters. The SMILES string of the molecule is CS(=O)(=O)[NH+]=C(N)C(Cl)(Cl)Cl. The number of amidine groups is 1. The second-order valence-electron chi connectivity index (χ2n) is 1.79. The third-order valence-corrected chi connectivity index (χ3v) is 1.80. The number of rotatable bonds is 1. The Morgan fingerprint density at radius 3 is 1.91 bits per heavy atom. The van der Waals surface area contributed by atoms with Gasteiger partial charge in [-0.05, 0) is 0 Å². The Hall–Kier alpha value is 0.290. The van der Waals surface area contributed by atoms with Crippen LogP contribution in [0.5, 0.6) is 0 Å². The fourth-order valence-electron chi connectivity index (χ4n) is 0.258. The fraction of sp³-hybridized carbons (Fsp3) is 0.667. The fourth-order valence-corrected chi connectivity index (χ4v) is 1.12. The third-order valence-electron chi connectivity index (χ3n) is 0.601. The first-order chi connectivity index (χ1) is 4.63. The topological polar surface area (TPSA) is 74.1 Å². The van der Waals surface area contributed by atoms with E-state index in [1.165, 1.54) is 0 Å². The minimum Gasteiger partial charge on any atom is -0.286 e. The predicted octanol–water partition coefficient (Wildman–Crippen LogP) is -1.25. The van der Waals surface area contributed by atoms with Crippen LogP contribution in [0, 0.1) is 0 Å². The van der Waals surface area contributed by atoms with Crippen LogP contribution < -0.4 is 10.1 Å². The molecule has 66 valence electrons. The average molecular weight is 241 g/mol. The van der Waals surface area contributed by atoms with Gasteiger partial charge in [-0.15, -0.1) is 0 Å². The summed E-state index contributed by atoms with van der Waals surface area (Å²) in [6.45, 7) is 0. The average Bonchev–Trinajstić information content (AvgIpc) is 1.56. The zero-order valence-corrected chi connectivity index (χ0v) is 8.52. The van der Waals surface area contributed by atoms with Gasteiger partial charge in [0.1, 0.15) is 0 Å². The Morgan fingerprint density at radius 1 is 1.45 bits per heavy atom. The van der Waals surface area contributed by atoms with E-state index in [-0.39, 0.29) is 0 Å². The number of alkyl halides is 3. The standard InChI is InChI=1S/C3H5Cl3N2O2S/c1-11(9,10)8-2(7)3(4,5)6/h1H3,(H2,7,8)/p+1. The lowest BCUT2D eigenvalue weighted by atomic mass is 10.7. The van der Waals surface area contributed by atoms with E-state index in [0.29, 0.717) is 0 Å². The molecular weight excluding hydrogens is 234 g/mol. The molecule has 0 heterocycles. The zero-order chi connectivity index (χ0) is 9.28. The van der Waals surface area contributed by atoms with Crippen LogP contribution in [0.3, 0.4) is 0 Å². The van der Waals surface area contributed by atoms with Crippen LogP contribution in [0.1, 0.15) is 0 Å². The number of sulfonamides is 1. The minimum atomic E-state index is -3.47. The van der Waals surface area contributed by atoms with E-state index in [0.717, 1.165) is 6.26 Å². The molecule has 11 heavy (non-hydrogen) atoms. The normalized spacial score (nSPS) is 15.1. The van der Waals surface area contributed by atoms with Gasteiger partial charge in [-0.3, -0.25) is 5.73 Å². The molecule has 4 nitrogen and oxygen atoms in total. The lowest BCUT2D eigenvalue weighted by Crippen LogP contribution is -2.80. The van der Waals surface area contributed by atoms with Gasteiger partial charge in [0.15, 0.2) is 0 Å². The van der Waals surface area contributed by atoms with E-state index in [9.17, 15) is 8.42 Å². The summed E-state index contributed by atoms with van der Waals surface area (Å²) >= 11 is 15.7. The molecule has 0 fully saturated rings. The molecule has 0 aliphatic rings. The van der Waals surface area contributed by atoms with E-state index < -0.39 is 19.7 Å². The molecule has 0 radical (unpaired) electrons. The van der Waals surface area contributed by atoms with Gasteiger partial charge >= 0.3 is 5.84 Å². The van der Waals surface area contributed by atoms with Crippen molar-refractivity contribution in [2.75, 3.05) is 6.26 Å². The largest absolute Gasteiger partial charge is 0.308 e. The van der Waals surface area contributed by atoms with E-state index in [1.807, 2.05) is 4.40 Å². The highest BCUT2D eigenvalue weighted by Crippen LogP contribution is 2.23. The first kappa shape index (κ1) is 11.3. The second kappa shape index (κ2) is 3.35. The molecule has 0 aliphatic carbocycles. The molecule has 3 N–H and O–H groups in total. The summed E-state index contributed by atoms with van der Waals surface area (Å²) in [5, 5.41) is 0. The molecule has 0 aromatic rings. The van der Waals surface area contributed by atoms with Crippen molar-refractivity contribution >= 4 is 50.7 Å². The molecule has 0 aromatic carbocycles. The third kappa shape index (κ3) is 5.55. The zero-order valence-electron chi connectivity index (χ0n) is 5.44. The Bertz CT molecular complexity index is 265. The second-order valence-corrected chi connectivity index (χ2v) is 5.82. The smallest absolute Gasteiger partial charge is 0.286 e. The highest BCUT2D eigenvalue weighted by molar-refractivity contribution is 7.84. The monoisotopic (exact) mass is 239 g/mol. The van der Waals surface area contributed by atoms with Crippen LogP contribution in [0.2, 0.25) is 0 Å². The molecule has 0 aromatic heterocycles. The first-order valence-corrected chi connectivity index (χ1v) is 5.33. The molecular formula is C3H6Cl3N2O2S+. The van der Waals surface area contributed by atoms with Crippen LogP contribution in [0.4, 0.5) is 0 Å². The lowest BCUT2D eigenvalue weighted by Gasteiger charge is -2.02. The van der Waals surface area contributed by atoms with E-state index in [1.54, 1.807) is 0 Å². The highest BCUT2D eigenvalue weighted by atomic mass is 35.6. The first-order valence-electron chi connectivity index (χ1n) is 2.30.